The Kier molecular flexibility index (Phi) is 16.7. The van der Waals surface area contributed by atoms with E-state index in [0.29, 0.717) is 0 Å². The van der Waals surface area contributed by atoms with Gasteiger partial charge in [-0.2, -0.15) is 0 Å². The molecule has 182 valence electrons. The van der Waals surface area contributed by atoms with Crippen molar-refractivity contribution in [2.75, 3.05) is 0 Å². The summed E-state index contributed by atoms with van der Waals surface area (Å²) in [6.45, 7) is 2.04. The number of halogens is 19. The summed E-state index contributed by atoms with van der Waals surface area (Å²) in [7, 11) is 0. The molecule has 0 saturated heterocycles. The highest BCUT2D eigenvalue weighted by Crippen LogP contribution is 2.79. The van der Waals surface area contributed by atoms with Gasteiger partial charge in [-0.15, -0.1) is 0 Å². The SMILES string of the molecule is CCC(Br)(Br)C(Br)(Br)C(Br)(Br)C(Br)(Br)C(Br)(Br)C(Br)(Br)C(Br)(C(Br)(Br)Br)C(Br)(Br)Br. The molecule has 0 spiro atoms. The lowest BCUT2D eigenvalue weighted by atomic mass is 10.0. The van der Waals surface area contributed by atoms with Gasteiger partial charge in [-0.05, 0) is 6.42 Å². The zero-order chi connectivity index (χ0) is 25.2. The van der Waals surface area contributed by atoms with Crippen molar-refractivity contribution in [3.05, 3.63) is 0 Å². The van der Waals surface area contributed by atoms with Crippen molar-refractivity contribution in [3.8, 4) is 0 Å². The van der Waals surface area contributed by atoms with Gasteiger partial charge in [-0.3, -0.25) is 0 Å². The summed E-state index contributed by atoms with van der Waals surface area (Å²) < 4.78 is -8.08. The molecule has 0 amide bonds. The van der Waals surface area contributed by atoms with Crippen LogP contribution in [-0.4, -0.2) is 28.0 Å². The minimum atomic E-state index is -1.03. The smallest absolute Gasteiger partial charge is 0.0758 e. The highest BCUT2D eigenvalue weighted by atomic mass is 80.0. The second kappa shape index (κ2) is 12.8. The van der Waals surface area contributed by atoms with Crippen LogP contribution in [0.5, 0.6) is 0 Å². The van der Waals surface area contributed by atoms with Crippen LogP contribution >= 0.6 is 303 Å². The Labute approximate surface area is 336 Å². The van der Waals surface area contributed by atoms with Crippen LogP contribution < -0.4 is 0 Å². The van der Waals surface area contributed by atoms with Gasteiger partial charge in [-0.1, -0.05) is 310 Å². The summed E-state index contributed by atoms with van der Waals surface area (Å²) in [6.07, 6.45) is 0.729. The zero-order valence-electron chi connectivity index (χ0n) is 13.4. The zero-order valence-corrected chi connectivity index (χ0v) is 43.5. The lowest BCUT2D eigenvalue weighted by Gasteiger charge is -2.60. The molecule has 0 saturated carbocycles. The van der Waals surface area contributed by atoms with E-state index in [4.69, 9.17) is 0 Å². The third-order valence-corrected chi connectivity index (χ3v) is 38.3. The first-order valence-corrected chi connectivity index (χ1v) is 21.7. The Bertz CT molecular complexity index is 605. The van der Waals surface area contributed by atoms with E-state index in [1.54, 1.807) is 0 Å². The summed E-state index contributed by atoms with van der Waals surface area (Å²) in [4.78, 5) is 0. The minimum Gasteiger partial charge on any atom is -0.0758 e. The third kappa shape index (κ3) is 6.84. The van der Waals surface area contributed by atoms with E-state index in [0.717, 1.165) is 6.42 Å². The first-order chi connectivity index (χ1) is 12.6. The largest absolute Gasteiger partial charge is 0.155 e. The Morgan fingerprint density at radius 3 is 0.833 bits per heavy atom. The summed E-state index contributed by atoms with van der Waals surface area (Å²) in [6, 6.07) is 0. The molecule has 0 rings (SSSR count). The topological polar surface area (TPSA) is 0 Å². The maximum absolute atomic E-state index is 3.90. The number of rotatable bonds is 7. The molecule has 0 radical (unpaired) electrons. The summed E-state index contributed by atoms with van der Waals surface area (Å²) >= 11 is 72.3. The van der Waals surface area contributed by atoms with Crippen LogP contribution in [0.25, 0.3) is 0 Å². The van der Waals surface area contributed by atoms with Crippen molar-refractivity contribution in [3.63, 3.8) is 0 Å². The Hall–Kier alpha value is 9.12. The maximum Gasteiger partial charge on any atom is 0.155 e. The average molecular weight is 1660 g/mol. The number of alkyl halides is 19. The third-order valence-electron chi connectivity index (χ3n) is 3.69. The highest BCUT2D eigenvalue weighted by Gasteiger charge is 2.80. The molecule has 0 fully saturated rings. The molecule has 30 heavy (non-hydrogen) atoms. The van der Waals surface area contributed by atoms with Gasteiger partial charge in [0, 0.05) is 0 Å². The van der Waals surface area contributed by atoms with Gasteiger partial charge in [-0.25, -0.2) is 0 Å². The van der Waals surface area contributed by atoms with Gasteiger partial charge >= 0.3 is 0 Å². The van der Waals surface area contributed by atoms with Gasteiger partial charge in [0.05, 0.1) is 0 Å². The van der Waals surface area contributed by atoms with Crippen LogP contribution in [0.4, 0.5) is 0 Å². The fraction of sp³-hybridized carbons (Fsp3) is 1.00. The van der Waals surface area contributed by atoms with E-state index in [2.05, 4.69) is 303 Å². The van der Waals surface area contributed by atoms with Crippen LogP contribution in [-0.2, 0) is 0 Å². The maximum atomic E-state index is 3.90. The average Bonchev–Trinajstić information content (AvgIpc) is 2.50. The second-order valence-corrected chi connectivity index (χ2v) is 41.3. The second-order valence-electron chi connectivity index (χ2n) is 5.58. The molecular weight excluding hydrogens is 1650 g/mol. The molecule has 0 atom stereocenters. The van der Waals surface area contributed by atoms with Crippen molar-refractivity contribution < 1.29 is 0 Å². The van der Waals surface area contributed by atoms with Crippen molar-refractivity contribution in [1.29, 1.82) is 0 Å². The fourth-order valence-corrected chi connectivity index (χ4v) is 23.2. The monoisotopic (exact) mass is 1640 g/mol. The van der Waals surface area contributed by atoms with Crippen LogP contribution in [0.1, 0.15) is 13.3 Å². The predicted molar refractivity (Wildman–Crippen MR) is 204 cm³/mol. The molecule has 0 nitrogen and oxygen atoms in total. The Balaban J connectivity index is 7.06. The molecular formula is C11H5Br19. The van der Waals surface area contributed by atoms with Crippen molar-refractivity contribution >= 4 is 303 Å². The van der Waals surface area contributed by atoms with Crippen LogP contribution in [0.3, 0.4) is 0 Å². The first-order valence-electron chi connectivity index (χ1n) is 6.65. The van der Waals surface area contributed by atoms with E-state index < -0.39 is 28.0 Å². The first kappa shape index (κ1) is 39.1. The highest BCUT2D eigenvalue weighted by molar-refractivity contribution is 9.42. The van der Waals surface area contributed by atoms with Crippen LogP contribution in [0.15, 0.2) is 0 Å². The van der Waals surface area contributed by atoms with Crippen molar-refractivity contribution in [1.82, 2.24) is 0 Å². The summed E-state index contributed by atoms with van der Waals surface area (Å²) in [5.74, 6) is 0. The minimum absolute atomic E-state index is 0.566. The Morgan fingerprint density at radius 2 is 0.600 bits per heavy atom. The molecule has 0 aliphatic carbocycles. The molecule has 0 aliphatic rings. The lowest BCUT2D eigenvalue weighted by Crippen LogP contribution is -2.71. The van der Waals surface area contributed by atoms with Gasteiger partial charge in [0.2, 0.25) is 0 Å². The molecule has 0 heterocycles. The van der Waals surface area contributed by atoms with Gasteiger partial charge in [0.1, 0.15) is 23.7 Å². The van der Waals surface area contributed by atoms with Gasteiger partial charge in [0.25, 0.3) is 0 Å². The van der Waals surface area contributed by atoms with Gasteiger partial charge < -0.3 is 0 Å². The fourth-order valence-electron chi connectivity index (χ4n) is 1.78. The molecule has 0 aliphatic heterocycles. The molecule has 0 bridgehead atoms. The van der Waals surface area contributed by atoms with E-state index >= 15 is 0 Å². The molecule has 0 unspecified atom stereocenters. The molecule has 19 heteroatoms. The predicted octanol–water partition coefficient (Wildman–Crippen LogP) is 15.1. The van der Waals surface area contributed by atoms with Crippen molar-refractivity contribution in [2.24, 2.45) is 0 Å². The van der Waals surface area contributed by atoms with E-state index in [1.165, 1.54) is 0 Å². The summed E-state index contributed by atoms with van der Waals surface area (Å²) in [5, 5.41) is 0. The van der Waals surface area contributed by atoms with E-state index in [1.807, 2.05) is 6.92 Å². The van der Waals surface area contributed by atoms with E-state index in [9.17, 15) is 0 Å². The molecule has 0 aromatic heterocycles. The van der Waals surface area contributed by atoms with Crippen LogP contribution in [0, 0.1) is 0 Å². The number of hydrogen-bond donors (Lipinski definition) is 0. The molecule has 0 aromatic carbocycles. The number of hydrogen-bond acceptors (Lipinski definition) is 0. The Morgan fingerprint density at radius 1 is 0.367 bits per heavy atom. The molecule has 0 N–H and O–H groups in total. The standard InChI is InChI=1S/C11H5Br19/c1-2-3(12,13)5(15,16)7(19,20)9(23,24)8(21,22)6(17,18)4(14,10(25,26)27)11(28,29)30/h2H2,1H3. The van der Waals surface area contributed by atoms with Gasteiger partial charge in [0.15, 0.2) is 4.29 Å². The molecule has 0 aromatic rings. The van der Waals surface area contributed by atoms with Crippen LogP contribution in [0.2, 0.25) is 0 Å². The lowest BCUT2D eigenvalue weighted by molar-refractivity contribution is 0.529. The summed E-state index contributed by atoms with van der Waals surface area (Å²) in [5.41, 5.74) is 0. The van der Waals surface area contributed by atoms with Crippen molar-refractivity contribution in [2.45, 2.75) is 41.4 Å². The quantitative estimate of drug-likeness (QED) is 0.223. The van der Waals surface area contributed by atoms with E-state index in [-0.39, 0.29) is 0 Å². The normalized spacial score (nSPS) is 16.8.